The lowest BCUT2D eigenvalue weighted by Gasteiger charge is -2.21. The first-order chi connectivity index (χ1) is 9.62. The number of hydrogen-bond acceptors (Lipinski definition) is 5. The number of halogens is 1. The van der Waals surface area contributed by atoms with Crippen LogP contribution >= 0.6 is 39.4 Å². The zero-order valence-electron chi connectivity index (χ0n) is 16.1. The summed E-state index contributed by atoms with van der Waals surface area (Å²) in [5.41, 5.74) is 4.90. The molecule has 0 aliphatic carbocycles. The average molecular weight is 411 g/mol. The van der Waals surface area contributed by atoms with Crippen molar-refractivity contribution in [3.05, 3.63) is 0 Å². The van der Waals surface area contributed by atoms with Crippen LogP contribution in [-0.2, 0) is 14.2 Å². The van der Waals surface area contributed by atoms with E-state index in [1.807, 2.05) is 48.5 Å². The number of rotatable bonds is 7. The molecule has 0 aromatic rings. The molecule has 24 heavy (non-hydrogen) atoms. The molecular weight excluding hydrogens is 372 g/mol. The summed E-state index contributed by atoms with van der Waals surface area (Å²) in [5, 5.41) is 2.69. The molecule has 3 N–H and O–H groups in total. The van der Waals surface area contributed by atoms with Crippen LogP contribution in [0.1, 0.15) is 48.5 Å². The van der Waals surface area contributed by atoms with E-state index in [1.165, 1.54) is 0 Å². The third-order valence-electron chi connectivity index (χ3n) is 1.92. The highest BCUT2D eigenvalue weighted by atomic mass is 35.5. The number of alkyl carbamates (subject to hydrolysis) is 1. The SMILES string of the molecule is CCOC[C@H](C)N.CCOC[C@H](C)NC(=O)OC(C)(C)C.Cl.S.S. The number of ether oxygens (including phenoxy) is 3. The van der Waals surface area contributed by atoms with E-state index in [0.717, 1.165) is 6.61 Å². The Hall–Kier alpha value is 0.140. The standard InChI is InChI=1S/C10H21NO3.C5H13NO.ClH.2H2S/c1-6-13-7-8(2)11-9(12)14-10(3,4)5;1-3-7-4-5(2)6;;;/h8H,6-7H2,1-5H3,(H,11,12);5H,3-4,6H2,1-2H3;1H;2*1H2/t8-;5-;;;/m00.../s1. The molecule has 0 aliphatic heterocycles. The van der Waals surface area contributed by atoms with Gasteiger partial charge in [0.2, 0.25) is 0 Å². The summed E-state index contributed by atoms with van der Waals surface area (Å²) in [7, 11) is 0. The van der Waals surface area contributed by atoms with E-state index < -0.39 is 11.7 Å². The molecule has 0 spiro atoms. The maximum Gasteiger partial charge on any atom is 0.407 e. The summed E-state index contributed by atoms with van der Waals surface area (Å²) < 4.78 is 15.2. The maximum absolute atomic E-state index is 11.2. The van der Waals surface area contributed by atoms with Crippen LogP contribution in [0.25, 0.3) is 0 Å². The second-order valence-electron chi connectivity index (χ2n) is 5.84. The van der Waals surface area contributed by atoms with Crippen molar-refractivity contribution < 1.29 is 19.0 Å². The minimum atomic E-state index is -0.449. The lowest BCUT2D eigenvalue weighted by Crippen LogP contribution is -2.39. The lowest BCUT2D eigenvalue weighted by atomic mass is 10.2. The number of amides is 1. The molecule has 0 fully saturated rings. The first-order valence-corrected chi connectivity index (χ1v) is 7.52. The van der Waals surface area contributed by atoms with Crippen molar-refractivity contribution in [1.82, 2.24) is 5.32 Å². The van der Waals surface area contributed by atoms with Crippen molar-refractivity contribution in [1.29, 1.82) is 0 Å². The van der Waals surface area contributed by atoms with Gasteiger partial charge in [0, 0.05) is 19.3 Å². The van der Waals surface area contributed by atoms with E-state index in [1.54, 1.807) is 0 Å². The van der Waals surface area contributed by atoms with Gasteiger partial charge in [-0.15, -0.1) is 12.4 Å². The van der Waals surface area contributed by atoms with E-state index in [4.69, 9.17) is 19.9 Å². The van der Waals surface area contributed by atoms with E-state index in [9.17, 15) is 4.79 Å². The predicted molar refractivity (Wildman–Crippen MR) is 113 cm³/mol. The third-order valence-corrected chi connectivity index (χ3v) is 1.92. The Kier molecular flexibility index (Phi) is 31.1. The zero-order chi connectivity index (χ0) is 16.9. The molecule has 0 rings (SSSR count). The largest absolute Gasteiger partial charge is 0.444 e. The molecule has 0 saturated heterocycles. The van der Waals surface area contributed by atoms with Crippen LogP contribution in [0.4, 0.5) is 4.79 Å². The Labute approximate surface area is 168 Å². The fraction of sp³-hybridized carbons (Fsp3) is 0.933. The number of carbonyl (C=O) groups is 1. The Morgan fingerprint density at radius 3 is 1.75 bits per heavy atom. The van der Waals surface area contributed by atoms with Crippen LogP contribution in [-0.4, -0.2) is 50.2 Å². The smallest absolute Gasteiger partial charge is 0.407 e. The minimum Gasteiger partial charge on any atom is -0.444 e. The van der Waals surface area contributed by atoms with Crippen molar-refractivity contribution in [2.75, 3.05) is 26.4 Å². The van der Waals surface area contributed by atoms with Crippen LogP contribution in [0.2, 0.25) is 0 Å². The van der Waals surface area contributed by atoms with E-state index in [0.29, 0.717) is 19.8 Å². The molecule has 0 aliphatic rings. The van der Waals surface area contributed by atoms with Gasteiger partial charge in [0.25, 0.3) is 0 Å². The Balaban J connectivity index is -0.000000105. The van der Waals surface area contributed by atoms with Gasteiger partial charge in [0.1, 0.15) is 5.60 Å². The topological polar surface area (TPSA) is 82.8 Å². The highest BCUT2D eigenvalue weighted by Gasteiger charge is 2.17. The molecule has 0 unspecified atom stereocenters. The maximum atomic E-state index is 11.2. The summed E-state index contributed by atoms with van der Waals surface area (Å²) in [5.74, 6) is 0. The quantitative estimate of drug-likeness (QED) is 0.674. The summed E-state index contributed by atoms with van der Waals surface area (Å²) in [6.07, 6.45) is -0.398. The summed E-state index contributed by atoms with van der Waals surface area (Å²) in [6.45, 7) is 15.8. The molecule has 0 saturated carbocycles. The number of nitrogens with one attached hydrogen (secondary N) is 1. The lowest BCUT2D eigenvalue weighted by molar-refractivity contribution is 0.0460. The summed E-state index contributed by atoms with van der Waals surface area (Å²) >= 11 is 0. The van der Waals surface area contributed by atoms with Gasteiger partial charge in [0.05, 0.1) is 19.3 Å². The fourth-order valence-corrected chi connectivity index (χ4v) is 1.15. The normalized spacial score (nSPS) is 12.0. The number of nitrogens with two attached hydrogens (primary N) is 1. The Morgan fingerprint density at radius 2 is 1.46 bits per heavy atom. The Morgan fingerprint density at radius 1 is 1.04 bits per heavy atom. The average Bonchev–Trinajstić information content (AvgIpc) is 2.32. The summed E-state index contributed by atoms with van der Waals surface area (Å²) in [6, 6.07) is 0.157. The third kappa shape index (κ3) is 33.7. The van der Waals surface area contributed by atoms with Crippen molar-refractivity contribution in [2.45, 2.75) is 66.2 Å². The van der Waals surface area contributed by atoms with Crippen LogP contribution in [0.5, 0.6) is 0 Å². The van der Waals surface area contributed by atoms with Crippen LogP contribution < -0.4 is 11.1 Å². The molecular formula is C15H39ClN2O4S2. The molecule has 152 valence electrons. The molecule has 9 heteroatoms. The molecule has 0 aromatic carbocycles. The first kappa shape index (κ1) is 35.3. The van der Waals surface area contributed by atoms with Gasteiger partial charge < -0.3 is 25.3 Å². The molecule has 6 nitrogen and oxygen atoms in total. The van der Waals surface area contributed by atoms with Gasteiger partial charge in [-0.05, 0) is 48.5 Å². The molecule has 0 heterocycles. The van der Waals surface area contributed by atoms with E-state index in [-0.39, 0.29) is 51.5 Å². The van der Waals surface area contributed by atoms with Gasteiger partial charge in [-0.2, -0.15) is 27.0 Å². The van der Waals surface area contributed by atoms with Gasteiger partial charge in [-0.25, -0.2) is 4.79 Å². The van der Waals surface area contributed by atoms with Gasteiger partial charge in [-0.1, -0.05) is 0 Å². The van der Waals surface area contributed by atoms with Crippen LogP contribution in [0, 0.1) is 0 Å². The predicted octanol–water partition coefficient (Wildman–Crippen LogP) is 2.95. The summed E-state index contributed by atoms with van der Waals surface area (Å²) in [4.78, 5) is 11.2. The molecule has 1 amide bonds. The molecule has 0 radical (unpaired) electrons. The molecule has 0 aromatic heterocycles. The highest BCUT2D eigenvalue weighted by molar-refractivity contribution is 7.59. The van der Waals surface area contributed by atoms with Crippen molar-refractivity contribution in [3.63, 3.8) is 0 Å². The number of carbonyl (C=O) groups excluding carboxylic acids is 1. The van der Waals surface area contributed by atoms with Crippen molar-refractivity contribution >= 4 is 45.5 Å². The molecule has 0 bridgehead atoms. The Bertz CT molecular complexity index is 268. The second kappa shape index (κ2) is 21.2. The first-order valence-electron chi connectivity index (χ1n) is 7.52. The van der Waals surface area contributed by atoms with Crippen LogP contribution in [0.15, 0.2) is 0 Å². The second-order valence-corrected chi connectivity index (χ2v) is 5.84. The van der Waals surface area contributed by atoms with Crippen molar-refractivity contribution in [2.24, 2.45) is 5.73 Å². The van der Waals surface area contributed by atoms with Gasteiger partial charge in [0.15, 0.2) is 0 Å². The van der Waals surface area contributed by atoms with Crippen LogP contribution in [0.3, 0.4) is 0 Å². The monoisotopic (exact) mass is 410 g/mol. The van der Waals surface area contributed by atoms with Gasteiger partial charge >= 0.3 is 6.09 Å². The van der Waals surface area contributed by atoms with Crippen molar-refractivity contribution in [3.8, 4) is 0 Å². The molecule has 2 atom stereocenters. The number of hydrogen-bond donors (Lipinski definition) is 2. The van der Waals surface area contributed by atoms with Gasteiger partial charge in [-0.3, -0.25) is 0 Å². The fourth-order valence-electron chi connectivity index (χ4n) is 1.15. The highest BCUT2D eigenvalue weighted by Crippen LogP contribution is 2.06. The van der Waals surface area contributed by atoms with E-state index in [2.05, 4.69) is 5.32 Å². The minimum absolute atomic E-state index is 0. The zero-order valence-corrected chi connectivity index (χ0v) is 18.9. The van der Waals surface area contributed by atoms with E-state index >= 15 is 0 Å².